The van der Waals surface area contributed by atoms with Gasteiger partial charge in [-0.15, -0.1) is 0 Å². The van der Waals surface area contributed by atoms with Crippen LogP contribution >= 0.6 is 0 Å². The summed E-state index contributed by atoms with van der Waals surface area (Å²) >= 11 is 0. The van der Waals surface area contributed by atoms with E-state index in [0.717, 1.165) is 37.3 Å². The molecular formula is C26H38N4O4S2. The van der Waals surface area contributed by atoms with Gasteiger partial charge in [0.05, 0.1) is 9.79 Å². The first-order valence-electron chi connectivity index (χ1n) is 12.7. The van der Waals surface area contributed by atoms with Gasteiger partial charge in [-0.2, -0.15) is 8.61 Å². The van der Waals surface area contributed by atoms with Crippen molar-refractivity contribution in [3.63, 3.8) is 0 Å². The molecule has 2 heterocycles. The number of sulfonamides is 2. The van der Waals surface area contributed by atoms with Crippen molar-refractivity contribution in [3.8, 4) is 11.1 Å². The highest BCUT2D eigenvalue weighted by Crippen LogP contribution is 2.26. The Morgan fingerprint density at radius 3 is 1.03 bits per heavy atom. The fraction of sp³-hybridized carbons (Fsp3) is 0.538. The molecule has 2 aromatic rings. The molecule has 2 aromatic carbocycles. The van der Waals surface area contributed by atoms with E-state index in [9.17, 15) is 16.8 Å². The molecule has 0 bridgehead atoms. The van der Waals surface area contributed by atoms with E-state index >= 15 is 0 Å². The van der Waals surface area contributed by atoms with E-state index in [4.69, 9.17) is 0 Å². The predicted molar refractivity (Wildman–Crippen MR) is 143 cm³/mol. The molecule has 0 unspecified atom stereocenters. The number of hydrogen-bond donors (Lipinski definition) is 0. The first kappa shape index (κ1) is 27.2. The van der Waals surface area contributed by atoms with Gasteiger partial charge in [-0.3, -0.25) is 9.80 Å². The maximum atomic E-state index is 13.1. The fourth-order valence-corrected chi connectivity index (χ4v) is 7.70. The monoisotopic (exact) mass is 534 g/mol. The molecule has 2 saturated heterocycles. The van der Waals surface area contributed by atoms with Crippen molar-refractivity contribution in [2.24, 2.45) is 0 Å². The summed E-state index contributed by atoms with van der Waals surface area (Å²) in [6, 6.07) is 14.5. The van der Waals surface area contributed by atoms with Gasteiger partial charge in [-0.1, -0.05) is 24.3 Å². The topological polar surface area (TPSA) is 81.2 Å². The van der Waals surface area contributed by atoms with Crippen LogP contribution in [0.3, 0.4) is 0 Å². The summed E-state index contributed by atoms with van der Waals surface area (Å²) in [7, 11) is -7.08. The largest absolute Gasteiger partial charge is 0.298 e. The average Bonchev–Trinajstić information content (AvgIpc) is 2.89. The lowest BCUT2D eigenvalue weighted by atomic mass is 10.1. The van der Waals surface area contributed by atoms with Gasteiger partial charge in [-0.05, 0) is 63.1 Å². The van der Waals surface area contributed by atoms with Crippen LogP contribution in [0, 0.1) is 0 Å². The van der Waals surface area contributed by atoms with E-state index in [2.05, 4.69) is 37.5 Å². The molecule has 0 saturated carbocycles. The molecule has 36 heavy (non-hydrogen) atoms. The van der Waals surface area contributed by atoms with Gasteiger partial charge >= 0.3 is 0 Å². The summed E-state index contributed by atoms with van der Waals surface area (Å²) in [6.07, 6.45) is 0. The van der Waals surface area contributed by atoms with Crippen molar-refractivity contribution in [2.75, 3.05) is 52.4 Å². The third kappa shape index (κ3) is 5.69. The van der Waals surface area contributed by atoms with Gasteiger partial charge < -0.3 is 0 Å². The fourth-order valence-electron chi connectivity index (χ4n) is 4.86. The Bertz CT molecular complexity index is 1130. The first-order chi connectivity index (χ1) is 17.0. The lowest BCUT2D eigenvalue weighted by molar-refractivity contribution is 0.154. The number of hydrogen-bond acceptors (Lipinski definition) is 6. The summed E-state index contributed by atoms with van der Waals surface area (Å²) in [6.45, 7) is 13.4. The zero-order valence-corrected chi connectivity index (χ0v) is 23.3. The van der Waals surface area contributed by atoms with E-state index < -0.39 is 20.0 Å². The summed E-state index contributed by atoms with van der Waals surface area (Å²) in [5.74, 6) is 0. The second-order valence-electron chi connectivity index (χ2n) is 10.1. The van der Waals surface area contributed by atoms with Gasteiger partial charge in [0.25, 0.3) is 0 Å². The van der Waals surface area contributed by atoms with E-state index in [-0.39, 0.29) is 9.79 Å². The van der Waals surface area contributed by atoms with Crippen LogP contribution in [-0.2, 0) is 20.0 Å². The molecular weight excluding hydrogens is 496 g/mol. The number of benzene rings is 2. The third-order valence-corrected chi connectivity index (χ3v) is 11.2. The van der Waals surface area contributed by atoms with Gasteiger partial charge in [-0.25, -0.2) is 16.8 Å². The Kier molecular flexibility index (Phi) is 8.23. The van der Waals surface area contributed by atoms with Crippen molar-refractivity contribution in [3.05, 3.63) is 48.5 Å². The minimum absolute atomic E-state index is 0.281. The molecule has 0 N–H and O–H groups in total. The smallest absolute Gasteiger partial charge is 0.243 e. The number of piperazine rings is 2. The lowest BCUT2D eigenvalue weighted by Gasteiger charge is -2.36. The Labute approximate surface area is 216 Å². The molecule has 0 aliphatic carbocycles. The highest BCUT2D eigenvalue weighted by Gasteiger charge is 2.30. The van der Waals surface area contributed by atoms with Crippen LogP contribution in [0.25, 0.3) is 11.1 Å². The van der Waals surface area contributed by atoms with Crippen LogP contribution in [0.4, 0.5) is 0 Å². The first-order valence-corrected chi connectivity index (χ1v) is 15.6. The minimum atomic E-state index is -3.54. The van der Waals surface area contributed by atoms with Gasteiger partial charge in [0.1, 0.15) is 0 Å². The summed E-state index contributed by atoms with van der Waals surface area (Å²) < 4.78 is 55.5. The Morgan fingerprint density at radius 1 is 0.500 bits per heavy atom. The second-order valence-corrected chi connectivity index (χ2v) is 14.0. The maximum Gasteiger partial charge on any atom is 0.243 e. The minimum Gasteiger partial charge on any atom is -0.298 e. The van der Waals surface area contributed by atoms with E-state index in [1.807, 2.05) is 0 Å². The second kappa shape index (κ2) is 10.9. The standard InChI is InChI=1S/C26H38N4O4S2/c1-21(2)27-13-17-29(18-14-27)35(31,32)25-9-5-23(6-10-25)24-7-11-26(12-8-24)36(33,34)30-19-15-28(16-20-30)22(3)4/h5-12,21-22H,13-20H2,1-4H3. The molecule has 2 fully saturated rings. The molecule has 8 nitrogen and oxygen atoms in total. The molecule has 0 aromatic heterocycles. The van der Waals surface area contributed by atoms with Crippen molar-refractivity contribution >= 4 is 20.0 Å². The van der Waals surface area contributed by atoms with Crippen LogP contribution in [0.15, 0.2) is 58.3 Å². The molecule has 0 radical (unpaired) electrons. The zero-order valence-electron chi connectivity index (χ0n) is 21.7. The third-order valence-electron chi connectivity index (χ3n) is 7.32. The van der Waals surface area contributed by atoms with E-state index in [0.29, 0.717) is 38.3 Å². The van der Waals surface area contributed by atoms with Gasteiger partial charge in [0, 0.05) is 64.4 Å². The summed E-state index contributed by atoms with van der Waals surface area (Å²) in [5, 5.41) is 0. The molecule has 198 valence electrons. The van der Waals surface area contributed by atoms with Crippen LogP contribution in [0.5, 0.6) is 0 Å². The van der Waals surface area contributed by atoms with Crippen LogP contribution in [-0.4, -0.2) is 99.7 Å². The number of nitrogens with zero attached hydrogens (tertiary/aromatic N) is 4. The van der Waals surface area contributed by atoms with Crippen molar-refractivity contribution in [2.45, 2.75) is 49.6 Å². The van der Waals surface area contributed by atoms with Crippen molar-refractivity contribution in [1.29, 1.82) is 0 Å². The molecule has 2 aliphatic rings. The van der Waals surface area contributed by atoms with Crippen molar-refractivity contribution < 1.29 is 16.8 Å². The molecule has 2 aliphatic heterocycles. The van der Waals surface area contributed by atoms with Crippen LogP contribution < -0.4 is 0 Å². The summed E-state index contributed by atoms with van der Waals surface area (Å²) in [4.78, 5) is 5.13. The molecule has 4 rings (SSSR count). The maximum absolute atomic E-state index is 13.1. The quantitative estimate of drug-likeness (QED) is 0.544. The normalized spacial score (nSPS) is 19.8. The van der Waals surface area contributed by atoms with Crippen LogP contribution in [0.1, 0.15) is 27.7 Å². The molecule has 0 atom stereocenters. The van der Waals surface area contributed by atoms with Crippen LogP contribution in [0.2, 0.25) is 0 Å². The summed E-state index contributed by atoms with van der Waals surface area (Å²) in [5.41, 5.74) is 1.68. The Balaban J connectivity index is 1.43. The number of rotatable bonds is 7. The van der Waals surface area contributed by atoms with Gasteiger partial charge in [0.2, 0.25) is 20.0 Å². The highest BCUT2D eigenvalue weighted by atomic mass is 32.2. The van der Waals surface area contributed by atoms with Crippen molar-refractivity contribution in [1.82, 2.24) is 18.4 Å². The predicted octanol–water partition coefficient (Wildman–Crippen LogP) is 2.78. The molecule has 10 heteroatoms. The average molecular weight is 535 g/mol. The van der Waals surface area contributed by atoms with Gasteiger partial charge in [0.15, 0.2) is 0 Å². The molecule has 0 amide bonds. The van der Waals surface area contributed by atoms with E-state index in [1.165, 1.54) is 0 Å². The highest BCUT2D eigenvalue weighted by molar-refractivity contribution is 7.89. The Morgan fingerprint density at radius 2 is 0.778 bits per heavy atom. The Hall–Kier alpha value is -1.82. The van der Waals surface area contributed by atoms with E-state index in [1.54, 1.807) is 57.1 Å². The SMILES string of the molecule is CC(C)N1CCN(S(=O)(=O)c2ccc(-c3ccc(S(=O)(=O)N4CCN(C(C)C)CC4)cc3)cc2)CC1. The molecule has 0 spiro atoms. The zero-order chi connectivity index (χ0) is 26.1. The lowest BCUT2D eigenvalue weighted by Crippen LogP contribution is -2.50.